The monoisotopic (exact) mass is 387 g/mol. The average molecular weight is 388 g/mol. The number of carbonyl (C=O) groups excluding carboxylic acids is 2. The molecule has 144 valence electrons. The highest BCUT2D eigenvalue weighted by molar-refractivity contribution is 7.07. The highest BCUT2D eigenvalue weighted by Crippen LogP contribution is 2.57. The van der Waals surface area contributed by atoms with E-state index in [9.17, 15) is 9.59 Å². The van der Waals surface area contributed by atoms with Crippen LogP contribution in [0.25, 0.3) is 0 Å². The van der Waals surface area contributed by atoms with Crippen LogP contribution < -0.4 is 0 Å². The van der Waals surface area contributed by atoms with Crippen molar-refractivity contribution in [3.05, 3.63) is 35.0 Å². The van der Waals surface area contributed by atoms with Gasteiger partial charge in [-0.1, -0.05) is 0 Å². The first-order valence-electron chi connectivity index (χ1n) is 9.41. The van der Waals surface area contributed by atoms with Crippen molar-refractivity contribution in [2.24, 2.45) is 5.41 Å². The van der Waals surface area contributed by atoms with Crippen molar-refractivity contribution in [1.29, 1.82) is 0 Å². The first-order chi connectivity index (χ1) is 13.0. The largest absolute Gasteiger partial charge is 0.341 e. The molecule has 0 bridgehead atoms. The van der Waals surface area contributed by atoms with Crippen LogP contribution in [0.2, 0.25) is 0 Å². The van der Waals surface area contributed by atoms with Gasteiger partial charge in [0.2, 0.25) is 11.8 Å². The van der Waals surface area contributed by atoms with Gasteiger partial charge in [0.1, 0.15) is 18.7 Å². The third kappa shape index (κ3) is 3.50. The number of hydrogen-bond donors (Lipinski definition) is 0. The number of carbonyl (C=O) groups is 2. The summed E-state index contributed by atoms with van der Waals surface area (Å²) in [5.74, 6) is 0.232. The van der Waals surface area contributed by atoms with Crippen LogP contribution in [-0.4, -0.2) is 55.5 Å². The number of amides is 2. The minimum Gasteiger partial charge on any atom is -0.341 e. The summed E-state index contributed by atoms with van der Waals surface area (Å²) in [5, 5.41) is 8.24. The Morgan fingerprint density at radius 2 is 2.19 bits per heavy atom. The minimum atomic E-state index is -0.330. The molecule has 4 rings (SSSR count). The van der Waals surface area contributed by atoms with Crippen molar-refractivity contribution in [1.82, 2.24) is 24.6 Å². The van der Waals surface area contributed by atoms with Gasteiger partial charge in [-0.3, -0.25) is 9.59 Å². The van der Waals surface area contributed by atoms with Crippen LogP contribution in [0.1, 0.15) is 44.7 Å². The molecule has 1 saturated carbocycles. The topological polar surface area (TPSA) is 71.3 Å². The Kier molecular flexibility index (Phi) is 4.75. The number of thiophene rings is 1. The van der Waals surface area contributed by atoms with Gasteiger partial charge in [0.15, 0.2) is 0 Å². The number of aromatic nitrogens is 3. The van der Waals surface area contributed by atoms with E-state index in [0.717, 1.165) is 32.4 Å². The van der Waals surface area contributed by atoms with Gasteiger partial charge in [-0.15, -0.1) is 0 Å². The third-order valence-electron chi connectivity index (χ3n) is 6.12. The summed E-state index contributed by atoms with van der Waals surface area (Å²) in [6, 6.07) is 2.06. The zero-order chi connectivity index (χ0) is 19.0. The predicted molar refractivity (Wildman–Crippen MR) is 102 cm³/mol. The molecule has 8 heteroatoms. The SMILES string of the molecule is CC(=O)N(Cc1ccsc1)[C@@H]1CC12CCN(C(=O)[C@@H](C)n1cncn1)CC2. The molecule has 1 aliphatic heterocycles. The smallest absolute Gasteiger partial charge is 0.247 e. The number of nitrogens with zero attached hydrogens (tertiary/aromatic N) is 5. The molecular weight excluding hydrogens is 362 g/mol. The number of rotatable bonds is 5. The molecule has 7 nitrogen and oxygen atoms in total. The van der Waals surface area contributed by atoms with E-state index in [2.05, 4.69) is 26.9 Å². The normalized spacial score (nSPS) is 21.9. The van der Waals surface area contributed by atoms with Crippen LogP contribution in [0, 0.1) is 5.41 Å². The summed E-state index contributed by atoms with van der Waals surface area (Å²) in [7, 11) is 0. The fourth-order valence-electron chi connectivity index (χ4n) is 4.29. The molecule has 2 amide bonds. The fourth-order valence-corrected chi connectivity index (χ4v) is 4.95. The second-order valence-corrected chi connectivity index (χ2v) is 8.52. The highest BCUT2D eigenvalue weighted by atomic mass is 32.1. The lowest BCUT2D eigenvalue weighted by Gasteiger charge is -2.35. The Labute approximate surface area is 163 Å². The molecule has 2 aromatic heterocycles. The molecule has 1 aliphatic carbocycles. The Bertz CT molecular complexity index is 796. The maximum absolute atomic E-state index is 12.7. The van der Waals surface area contributed by atoms with Gasteiger partial charge in [0, 0.05) is 32.6 Å². The van der Waals surface area contributed by atoms with E-state index in [1.165, 1.54) is 11.9 Å². The summed E-state index contributed by atoms with van der Waals surface area (Å²) in [5.41, 5.74) is 1.39. The molecule has 2 aliphatic rings. The van der Waals surface area contributed by atoms with E-state index in [4.69, 9.17) is 0 Å². The standard InChI is InChI=1S/C19H25N5O2S/c1-14(24-13-20-12-21-24)18(26)22-6-4-19(5-7-22)9-17(19)23(15(2)25)10-16-3-8-27-11-16/h3,8,11-14,17H,4-7,9-10H2,1-2H3/t14-,17-/m1/s1. The quantitative estimate of drug-likeness (QED) is 0.789. The molecule has 2 aromatic rings. The van der Waals surface area contributed by atoms with Crippen LogP contribution in [-0.2, 0) is 16.1 Å². The van der Waals surface area contributed by atoms with Crippen molar-refractivity contribution in [2.45, 2.75) is 51.7 Å². The first kappa shape index (κ1) is 18.2. The van der Waals surface area contributed by atoms with E-state index in [0.29, 0.717) is 12.6 Å². The number of likely N-dealkylation sites (tertiary alicyclic amines) is 1. The summed E-state index contributed by atoms with van der Waals surface area (Å²) in [6.07, 6.45) is 6.01. The van der Waals surface area contributed by atoms with E-state index in [1.54, 1.807) is 29.3 Å². The van der Waals surface area contributed by atoms with Gasteiger partial charge in [-0.25, -0.2) is 9.67 Å². The van der Waals surface area contributed by atoms with Crippen molar-refractivity contribution >= 4 is 23.2 Å². The number of piperidine rings is 1. The van der Waals surface area contributed by atoms with Gasteiger partial charge in [0.25, 0.3) is 0 Å². The Morgan fingerprint density at radius 3 is 2.78 bits per heavy atom. The first-order valence-corrected chi connectivity index (χ1v) is 10.4. The lowest BCUT2D eigenvalue weighted by atomic mass is 9.92. The fraction of sp³-hybridized carbons (Fsp3) is 0.579. The molecule has 3 heterocycles. The summed E-state index contributed by atoms with van der Waals surface area (Å²) < 4.78 is 1.60. The van der Waals surface area contributed by atoms with Gasteiger partial charge in [-0.2, -0.15) is 16.4 Å². The molecular formula is C19H25N5O2S. The lowest BCUT2D eigenvalue weighted by molar-refractivity contribution is -0.137. The van der Waals surface area contributed by atoms with E-state index < -0.39 is 0 Å². The zero-order valence-electron chi connectivity index (χ0n) is 15.7. The second kappa shape index (κ2) is 7.07. The van der Waals surface area contributed by atoms with Crippen molar-refractivity contribution in [3.63, 3.8) is 0 Å². The zero-order valence-corrected chi connectivity index (χ0v) is 16.6. The van der Waals surface area contributed by atoms with Gasteiger partial charge in [0.05, 0.1) is 0 Å². The molecule has 1 saturated heterocycles. The molecule has 0 N–H and O–H groups in total. The maximum Gasteiger partial charge on any atom is 0.247 e. The van der Waals surface area contributed by atoms with Crippen molar-refractivity contribution < 1.29 is 9.59 Å². The molecule has 0 radical (unpaired) electrons. The van der Waals surface area contributed by atoms with Crippen LogP contribution >= 0.6 is 11.3 Å². The summed E-state index contributed by atoms with van der Waals surface area (Å²) in [6.45, 7) is 5.71. The van der Waals surface area contributed by atoms with E-state index in [-0.39, 0.29) is 23.3 Å². The molecule has 1 spiro atoms. The molecule has 2 atom stereocenters. The summed E-state index contributed by atoms with van der Waals surface area (Å²) >= 11 is 1.66. The maximum atomic E-state index is 12.7. The van der Waals surface area contributed by atoms with Gasteiger partial charge < -0.3 is 9.80 Å². The van der Waals surface area contributed by atoms with Crippen LogP contribution in [0.3, 0.4) is 0 Å². The summed E-state index contributed by atoms with van der Waals surface area (Å²) in [4.78, 5) is 32.8. The molecule has 27 heavy (non-hydrogen) atoms. The van der Waals surface area contributed by atoms with E-state index in [1.807, 2.05) is 16.7 Å². The van der Waals surface area contributed by atoms with Crippen molar-refractivity contribution in [3.8, 4) is 0 Å². The highest BCUT2D eigenvalue weighted by Gasteiger charge is 2.58. The lowest BCUT2D eigenvalue weighted by Crippen LogP contribution is -2.44. The van der Waals surface area contributed by atoms with Gasteiger partial charge in [-0.05, 0) is 54.0 Å². The second-order valence-electron chi connectivity index (χ2n) is 7.74. The Morgan fingerprint density at radius 1 is 1.41 bits per heavy atom. The van der Waals surface area contributed by atoms with Crippen molar-refractivity contribution in [2.75, 3.05) is 13.1 Å². The van der Waals surface area contributed by atoms with Crippen LogP contribution in [0.4, 0.5) is 0 Å². The average Bonchev–Trinajstić information content (AvgIpc) is 3.11. The van der Waals surface area contributed by atoms with E-state index >= 15 is 0 Å². The Hall–Kier alpha value is -2.22. The molecule has 2 fully saturated rings. The van der Waals surface area contributed by atoms with Gasteiger partial charge >= 0.3 is 0 Å². The minimum absolute atomic E-state index is 0.0919. The van der Waals surface area contributed by atoms with Crippen LogP contribution in [0.5, 0.6) is 0 Å². The number of hydrogen-bond acceptors (Lipinski definition) is 5. The molecule has 0 unspecified atom stereocenters. The molecule has 0 aromatic carbocycles. The predicted octanol–water partition coefficient (Wildman–Crippen LogP) is 2.33. The third-order valence-corrected chi connectivity index (χ3v) is 6.85. The van der Waals surface area contributed by atoms with Crippen LogP contribution in [0.15, 0.2) is 29.5 Å². The Balaban J connectivity index is 1.36.